The van der Waals surface area contributed by atoms with Gasteiger partial charge in [0.25, 0.3) is 0 Å². The van der Waals surface area contributed by atoms with Crippen molar-refractivity contribution in [3.63, 3.8) is 0 Å². The van der Waals surface area contributed by atoms with Crippen LogP contribution in [-0.2, 0) is 19.6 Å². The fourth-order valence-corrected chi connectivity index (χ4v) is 3.48. The van der Waals surface area contributed by atoms with E-state index in [1.807, 2.05) is 0 Å². The van der Waals surface area contributed by atoms with Crippen molar-refractivity contribution in [2.75, 3.05) is 13.7 Å². The van der Waals surface area contributed by atoms with Gasteiger partial charge in [-0.15, -0.1) is 0 Å². The first-order valence-corrected chi connectivity index (χ1v) is 8.63. The highest BCUT2D eigenvalue weighted by Crippen LogP contribution is 2.28. The van der Waals surface area contributed by atoms with Gasteiger partial charge in [-0.1, -0.05) is 35.7 Å². The normalized spacial score (nSPS) is 11.4. The van der Waals surface area contributed by atoms with Gasteiger partial charge in [0.15, 0.2) is 0 Å². The Morgan fingerprint density at radius 3 is 2.62 bits per heavy atom. The van der Waals surface area contributed by atoms with Crippen LogP contribution in [0, 0.1) is 0 Å². The second-order valence-electron chi connectivity index (χ2n) is 4.34. The average molecular weight is 354 g/mol. The summed E-state index contributed by atoms with van der Waals surface area (Å²) in [5.74, 6) is -0.263. The molecule has 0 fully saturated rings. The van der Waals surface area contributed by atoms with Crippen LogP contribution in [0.2, 0.25) is 10.0 Å². The van der Waals surface area contributed by atoms with Gasteiger partial charge in [-0.25, -0.2) is 13.1 Å². The quantitative estimate of drug-likeness (QED) is 0.575. The number of methoxy groups -OCH3 is 1. The zero-order chi connectivity index (χ0) is 15.9. The maximum atomic E-state index is 12.1. The molecule has 0 spiro atoms. The first kappa shape index (κ1) is 18.2. The Morgan fingerprint density at radius 1 is 1.24 bits per heavy atom. The van der Waals surface area contributed by atoms with Gasteiger partial charge in [0, 0.05) is 13.0 Å². The van der Waals surface area contributed by atoms with Gasteiger partial charge < -0.3 is 4.74 Å². The molecule has 0 atom stereocenters. The Labute approximate surface area is 134 Å². The van der Waals surface area contributed by atoms with Crippen LogP contribution in [0.3, 0.4) is 0 Å². The molecule has 0 aliphatic carbocycles. The van der Waals surface area contributed by atoms with Gasteiger partial charge in [0.05, 0.1) is 17.2 Å². The average Bonchev–Trinajstić information content (AvgIpc) is 2.45. The van der Waals surface area contributed by atoms with Gasteiger partial charge in [0.1, 0.15) is 4.90 Å². The predicted octanol–water partition coefficient (Wildman–Crippen LogP) is 3.01. The highest BCUT2D eigenvalue weighted by molar-refractivity contribution is 7.89. The van der Waals surface area contributed by atoms with E-state index in [1.54, 1.807) is 0 Å². The molecule has 1 aromatic carbocycles. The van der Waals surface area contributed by atoms with E-state index in [1.165, 1.54) is 25.3 Å². The molecule has 0 radical (unpaired) electrons. The number of benzene rings is 1. The summed E-state index contributed by atoms with van der Waals surface area (Å²) in [5.41, 5.74) is 0. The minimum absolute atomic E-state index is 0.0114. The summed E-state index contributed by atoms with van der Waals surface area (Å²) >= 11 is 11.7. The summed E-state index contributed by atoms with van der Waals surface area (Å²) in [4.78, 5) is 10.9. The van der Waals surface area contributed by atoms with Crippen LogP contribution in [0.1, 0.15) is 25.7 Å². The molecule has 0 bridgehead atoms. The fourth-order valence-electron chi connectivity index (χ4n) is 1.65. The molecule has 8 heteroatoms. The minimum atomic E-state index is -3.68. The highest BCUT2D eigenvalue weighted by atomic mass is 35.5. The molecule has 118 valence electrons. The van der Waals surface area contributed by atoms with E-state index in [0.29, 0.717) is 19.3 Å². The number of halogens is 2. The molecule has 1 aromatic rings. The van der Waals surface area contributed by atoms with Crippen LogP contribution >= 0.6 is 23.2 Å². The second-order valence-corrected chi connectivity index (χ2v) is 6.86. The number of sulfonamides is 1. The third-order valence-electron chi connectivity index (χ3n) is 2.78. The fraction of sp³-hybridized carbons (Fsp3) is 0.462. The third kappa shape index (κ3) is 5.82. The lowest BCUT2D eigenvalue weighted by molar-refractivity contribution is -0.140. The van der Waals surface area contributed by atoms with Crippen molar-refractivity contribution >= 4 is 39.2 Å². The molecule has 0 unspecified atom stereocenters. The molecule has 1 N–H and O–H groups in total. The predicted molar refractivity (Wildman–Crippen MR) is 82.1 cm³/mol. The number of nitrogens with one attached hydrogen (secondary N) is 1. The van der Waals surface area contributed by atoms with Crippen LogP contribution in [0.5, 0.6) is 0 Å². The van der Waals surface area contributed by atoms with Gasteiger partial charge in [-0.3, -0.25) is 4.79 Å². The lowest BCUT2D eigenvalue weighted by Crippen LogP contribution is -2.25. The topological polar surface area (TPSA) is 72.5 Å². The molecule has 0 aromatic heterocycles. The first-order chi connectivity index (χ1) is 9.88. The SMILES string of the molecule is COC(=O)CCCCCNS(=O)(=O)c1cccc(Cl)c1Cl. The van der Waals surface area contributed by atoms with Crippen LogP contribution in [0.4, 0.5) is 0 Å². The van der Waals surface area contributed by atoms with Crippen molar-refractivity contribution in [2.45, 2.75) is 30.6 Å². The van der Waals surface area contributed by atoms with Crippen molar-refractivity contribution < 1.29 is 17.9 Å². The first-order valence-electron chi connectivity index (χ1n) is 6.39. The summed E-state index contributed by atoms with van der Waals surface area (Å²) in [6.45, 7) is 0.270. The summed E-state index contributed by atoms with van der Waals surface area (Å²) in [5, 5.41) is 0.204. The molecule has 0 aliphatic rings. The second kappa shape index (κ2) is 8.58. The van der Waals surface area contributed by atoms with E-state index < -0.39 is 10.0 Å². The standard InChI is InChI=1S/C13H17Cl2NO4S/c1-20-12(17)8-3-2-4-9-16-21(18,19)11-7-5-6-10(14)13(11)15/h5-7,16H,2-4,8-9H2,1H3. The maximum Gasteiger partial charge on any atom is 0.305 e. The van der Waals surface area contributed by atoms with E-state index in [9.17, 15) is 13.2 Å². The van der Waals surface area contributed by atoms with Crippen LogP contribution in [0.25, 0.3) is 0 Å². The van der Waals surface area contributed by atoms with Crippen molar-refractivity contribution in [3.8, 4) is 0 Å². The molecule has 0 heterocycles. The van der Waals surface area contributed by atoms with Crippen LogP contribution in [-0.4, -0.2) is 28.0 Å². The van der Waals surface area contributed by atoms with E-state index in [-0.39, 0.29) is 27.5 Å². The van der Waals surface area contributed by atoms with Crippen LogP contribution in [0.15, 0.2) is 23.1 Å². The lowest BCUT2D eigenvalue weighted by atomic mass is 10.2. The zero-order valence-corrected chi connectivity index (χ0v) is 13.9. The smallest absolute Gasteiger partial charge is 0.305 e. The van der Waals surface area contributed by atoms with Gasteiger partial charge in [-0.2, -0.15) is 0 Å². The van der Waals surface area contributed by atoms with Gasteiger partial charge in [-0.05, 0) is 25.0 Å². The monoisotopic (exact) mass is 353 g/mol. The summed E-state index contributed by atoms with van der Waals surface area (Å²) < 4.78 is 31.1. The highest BCUT2D eigenvalue weighted by Gasteiger charge is 2.18. The Kier molecular flexibility index (Phi) is 7.45. The molecular formula is C13H17Cl2NO4S. The van der Waals surface area contributed by atoms with Crippen LogP contribution < -0.4 is 4.72 Å². The van der Waals surface area contributed by atoms with Gasteiger partial charge >= 0.3 is 5.97 Å². The minimum Gasteiger partial charge on any atom is -0.469 e. The molecule has 0 aliphatic heterocycles. The number of hydrogen-bond acceptors (Lipinski definition) is 4. The molecule has 0 amide bonds. The van der Waals surface area contributed by atoms with Crippen molar-refractivity contribution in [3.05, 3.63) is 28.2 Å². The zero-order valence-electron chi connectivity index (χ0n) is 11.6. The number of hydrogen-bond donors (Lipinski definition) is 1. The number of unbranched alkanes of at least 4 members (excludes halogenated alkanes) is 2. The van der Waals surface area contributed by atoms with E-state index >= 15 is 0 Å². The summed E-state index contributed by atoms with van der Waals surface area (Å²) in [6, 6.07) is 4.45. The van der Waals surface area contributed by atoms with Crippen molar-refractivity contribution in [2.24, 2.45) is 0 Å². The molecule has 5 nitrogen and oxygen atoms in total. The maximum absolute atomic E-state index is 12.1. The Morgan fingerprint density at radius 2 is 1.95 bits per heavy atom. The number of esters is 1. The lowest BCUT2D eigenvalue weighted by Gasteiger charge is -2.09. The number of rotatable bonds is 8. The number of ether oxygens (including phenoxy) is 1. The van der Waals surface area contributed by atoms with Crippen molar-refractivity contribution in [1.29, 1.82) is 0 Å². The third-order valence-corrected chi connectivity index (χ3v) is 5.22. The Hall–Kier alpha value is -0.820. The molecule has 1 rings (SSSR count). The molecule has 0 saturated carbocycles. The van der Waals surface area contributed by atoms with E-state index in [2.05, 4.69) is 9.46 Å². The van der Waals surface area contributed by atoms with Gasteiger partial charge in [0.2, 0.25) is 10.0 Å². The summed E-state index contributed by atoms with van der Waals surface area (Å²) in [6.07, 6.45) is 2.34. The summed E-state index contributed by atoms with van der Waals surface area (Å²) in [7, 11) is -2.34. The molecular weight excluding hydrogens is 337 g/mol. The van der Waals surface area contributed by atoms with E-state index in [0.717, 1.165) is 6.42 Å². The van der Waals surface area contributed by atoms with E-state index in [4.69, 9.17) is 23.2 Å². The molecule has 0 saturated heterocycles. The number of carbonyl (C=O) groups excluding carboxylic acids is 1. The largest absolute Gasteiger partial charge is 0.469 e. The Bertz CT molecular complexity index is 590. The van der Waals surface area contributed by atoms with Crippen molar-refractivity contribution in [1.82, 2.24) is 4.72 Å². The number of carbonyl (C=O) groups is 1. The molecule has 21 heavy (non-hydrogen) atoms. The Balaban J connectivity index is 2.44.